The monoisotopic (exact) mass is 439 g/mol. The molecule has 0 aliphatic rings. The lowest BCUT2D eigenvalue weighted by Gasteiger charge is -2.23. The Kier molecular flexibility index (Phi) is 8.39. The van der Waals surface area contributed by atoms with E-state index < -0.39 is 17.9 Å². The SMILES string of the molecule is COC(=O)C(Cc1cccc(C(=N)N)c1)C(C)NC(=O)c1ccc(C(=S)N=CN)cc1. The third-order valence-electron chi connectivity index (χ3n) is 4.75. The second-order valence-corrected chi connectivity index (χ2v) is 7.26. The van der Waals surface area contributed by atoms with Crippen molar-refractivity contribution in [3.05, 3.63) is 70.8 Å². The molecule has 6 N–H and O–H groups in total. The van der Waals surface area contributed by atoms with Gasteiger partial charge in [0.05, 0.1) is 19.4 Å². The number of benzene rings is 2. The van der Waals surface area contributed by atoms with Gasteiger partial charge in [0.1, 0.15) is 10.8 Å². The highest BCUT2D eigenvalue weighted by Gasteiger charge is 2.28. The molecule has 9 heteroatoms. The van der Waals surface area contributed by atoms with Gasteiger partial charge in [0.25, 0.3) is 5.91 Å². The first-order valence-electron chi connectivity index (χ1n) is 9.47. The molecule has 2 unspecified atom stereocenters. The zero-order valence-corrected chi connectivity index (χ0v) is 18.1. The van der Waals surface area contributed by atoms with E-state index in [-0.39, 0.29) is 11.7 Å². The number of rotatable bonds is 8. The van der Waals surface area contributed by atoms with Crippen molar-refractivity contribution in [2.45, 2.75) is 19.4 Å². The second kappa shape index (κ2) is 11.0. The number of nitrogens with two attached hydrogens (primary N) is 2. The average Bonchev–Trinajstić information content (AvgIpc) is 2.77. The van der Waals surface area contributed by atoms with Gasteiger partial charge in [-0.1, -0.05) is 42.5 Å². The maximum absolute atomic E-state index is 12.7. The number of amides is 1. The molecule has 0 bridgehead atoms. The molecule has 31 heavy (non-hydrogen) atoms. The molecule has 0 aromatic heterocycles. The van der Waals surface area contributed by atoms with Gasteiger partial charge in [0.2, 0.25) is 0 Å². The fourth-order valence-electron chi connectivity index (χ4n) is 3.03. The Morgan fingerprint density at radius 1 is 1.19 bits per heavy atom. The number of nitrogens with one attached hydrogen (secondary N) is 2. The molecule has 2 rings (SSSR count). The van der Waals surface area contributed by atoms with Gasteiger partial charge in [0.15, 0.2) is 0 Å². The van der Waals surface area contributed by atoms with Crippen molar-refractivity contribution in [3.63, 3.8) is 0 Å². The Bertz CT molecular complexity index is 1000. The van der Waals surface area contributed by atoms with Gasteiger partial charge in [-0.15, -0.1) is 0 Å². The maximum Gasteiger partial charge on any atom is 0.311 e. The van der Waals surface area contributed by atoms with E-state index in [4.69, 9.17) is 33.8 Å². The molecule has 0 heterocycles. The van der Waals surface area contributed by atoms with Crippen LogP contribution in [0.3, 0.4) is 0 Å². The Morgan fingerprint density at radius 2 is 1.84 bits per heavy atom. The number of methoxy groups -OCH3 is 1. The molecule has 0 spiro atoms. The van der Waals surface area contributed by atoms with Crippen molar-refractivity contribution < 1.29 is 14.3 Å². The van der Waals surface area contributed by atoms with Crippen LogP contribution < -0.4 is 16.8 Å². The van der Waals surface area contributed by atoms with Gasteiger partial charge in [-0.05, 0) is 37.1 Å². The number of amidine groups is 1. The van der Waals surface area contributed by atoms with Gasteiger partial charge in [-0.3, -0.25) is 15.0 Å². The van der Waals surface area contributed by atoms with E-state index >= 15 is 0 Å². The molecular weight excluding hydrogens is 414 g/mol. The van der Waals surface area contributed by atoms with Crippen LogP contribution in [0.4, 0.5) is 0 Å². The summed E-state index contributed by atoms with van der Waals surface area (Å²) < 4.78 is 4.94. The molecular formula is C22H25N5O3S. The van der Waals surface area contributed by atoms with Crippen LogP contribution in [0, 0.1) is 11.3 Å². The molecule has 2 aromatic rings. The minimum absolute atomic E-state index is 0.0575. The highest BCUT2D eigenvalue weighted by Crippen LogP contribution is 2.17. The minimum Gasteiger partial charge on any atom is -0.469 e. The number of hydrogen-bond acceptors (Lipinski definition) is 5. The number of ether oxygens (including phenoxy) is 1. The molecule has 162 valence electrons. The zero-order chi connectivity index (χ0) is 23.0. The fraction of sp³-hybridized carbons (Fsp3) is 0.227. The molecule has 0 saturated carbocycles. The summed E-state index contributed by atoms with van der Waals surface area (Å²) in [5.74, 6) is -1.46. The van der Waals surface area contributed by atoms with E-state index in [1.54, 1.807) is 49.4 Å². The first kappa shape index (κ1) is 23.7. The van der Waals surface area contributed by atoms with Crippen LogP contribution in [0.2, 0.25) is 0 Å². The predicted molar refractivity (Wildman–Crippen MR) is 124 cm³/mol. The molecule has 1 amide bonds. The Morgan fingerprint density at radius 3 is 2.42 bits per heavy atom. The van der Waals surface area contributed by atoms with E-state index in [2.05, 4.69) is 10.3 Å². The number of carbonyl (C=O) groups excluding carboxylic acids is 2. The van der Waals surface area contributed by atoms with Gasteiger partial charge < -0.3 is 21.5 Å². The molecule has 2 aromatic carbocycles. The molecule has 8 nitrogen and oxygen atoms in total. The van der Waals surface area contributed by atoms with Crippen molar-refractivity contribution in [2.75, 3.05) is 7.11 Å². The lowest BCUT2D eigenvalue weighted by atomic mass is 9.92. The highest BCUT2D eigenvalue weighted by molar-refractivity contribution is 7.80. The summed E-state index contributed by atoms with van der Waals surface area (Å²) >= 11 is 5.11. The number of aliphatic imine (C=N–C) groups is 1. The summed E-state index contributed by atoms with van der Waals surface area (Å²) in [6.45, 7) is 1.74. The second-order valence-electron chi connectivity index (χ2n) is 6.87. The first-order valence-corrected chi connectivity index (χ1v) is 9.88. The standard InChI is InChI=1S/C22H25N5O3S/c1-13(27-20(28)15-6-8-16(9-7-15)21(31)26-12-23)18(22(29)30-2)11-14-4-3-5-17(10-14)19(24)25/h3-10,12-13,18H,11H2,1-2H3,(H3,24,25)(H,27,28)(H2,23,26,31). The minimum atomic E-state index is -0.623. The lowest BCUT2D eigenvalue weighted by molar-refractivity contribution is -0.146. The number of nitrogens with zero attached hydrogens (tertiary/aromatic N) is 1. The van der Waals surface area contributed by atoms with Crippen molar-refractivity contribution in [1.29, 1.82) is 5.41 Å². The molecule has 0 saturated heterocycles. The lowest BCUT2D eigenvalue weighted by Crippen LogP contribution is -2.42. The largest absolute Gasteiger partial charge is 0.469 e. The summed E-state index contributed by atoms with van der Waals surface area (Å²) in [7, 11) is 1.31. The normalized spacial score (nSPS) is 12.7. The summed E-state index contributed by atoms with van der Waals surface area (Å²) in [6, 6.07) is 13.2. The van der Waals surface area contributed by atoms with E-state index in [0.717, 1.165) is 11.9 Å². The summed E-state index contributed by atoms with van der Waals surface area (Å²) in [6.07, 6.45) is 1.43. The Hall–Kier alpha value is -3.59. The van der Waals surface area contributed by atoms with Crippen molar-refractivity contribution in [1.82, 2.24) is 5.32 Å². The van der Waals surface area contributed by atoms with Crippen LogP contribution in [0.15, 0.2) is 53.5 Å². The summed E-state index contributed by atoms with van der Waals surface area (Å²) in [5, 5.41) is 10.4. The van der Waals surface area contributed by atoms with Crippen LogP contribution in [0.5, 0.6) is 0 Å². The Labute approximate surface area is 186 Å². The van der Waals surface area contributed by atoms with Crippen LogP contribution in [0.1, 0.15) is 34.0 Å². The smallest absolute Gasteiger partial charge is 0.311 e. The van der Waals surface area contributed by atoms with Crippen LogP contribution in [-0.2, 0) is 16.0 Å². The molecule has 0 aliphatic heterocycles. The number of carbonyl (C=O) groups is 2. The highest BCUT2D eigenvalue weighted by atomic mass is 32.1. The van der Waals surface area contributed by atoms with E-state index in [9.17, 15) is 9.59 Å². The van der Waals surface area contributed by atoms with E-state index in [1.807, 2.05) is 6.07 Å². The van der Waals surface area contributed by atoms with Crippen molar-refractivity contribution in [2.24, 2.45) is 22.4 Å². The molecule has 0 fully saturated rings. The van der Waals surface area contributed by atoms with Crippen LogP contribution >= 0.6 is 12.2 Å². The topological polar surface area (TPSA) is 144 Å². The van der Waals surface area contributed by atoms with E-state index in [1.165, 1.54) is 7.11 Å². The van der Waals surface area contributed by atoms with Crippen molar-refractivity contribution in [3.8, 4) is 0 Å². The number of esters is 1. The third kappa shape index (κ3) is 6.45. The van der Waals surface area contributed by atoms with Crippen LogP contribution in [0.25, 0.3) is 0 Å². The number of thiocarbonyl (C=S) groups is 1. The molecule has 0 aliphatic carbocycles. The fourth-order valence-corrected chi connectivity index (χ4v) is 3.23. The summed E-state index contributed by atoms with van der Waals surface area (Å²) in [5.41, 5.74) is 13.2. The third-order valence-corrected chi connectivity index (χ3v) is 5.09. The quantitative estimate of drug-likeness (QED) is 0.214. The zero-order valence-electron chi connectivity index (χ0n) is 17.3. The molecule has 2 atom stereocenters. The van der Waals surface area contributed by atoms with E-state index in [0.29, 0.717) is 28.1 Å². The number of hydrogen-bond donors (Lipinski definition) is 4. The van der Waals surface area contributed by atoms with Gasteiger partial charge in [-0.2, -0.15) is 0 Å². The average molecular weight is 440 g/mol. The maximum atomic E-state index is 12.7. The van der Waals surface area contributed by atoms with Crippen molar-refractivity contribution >= 4 is 41.3 Å². The van der Waals surface area contributed by atoms with Gasteiger partial charge >= 0.3 is 5.97 Å². The predicted octanol–water partition coefficient (Wildman–Crippen LogP) is 1.78. The van der Waals surface area contributed by atoms with Gasteiger partial charge in [-0.25, -0.2) is 4.99 Å². The summed E-state index contributed by atoms with van der Waals surface area (Å²) in [4.78, 5) is 29.2. The first-order chi connectivity index (χ1) is 14.8. The van der Waals surface area contributed by atoms with Gasteiger partial charge in [0, 0.05) is 22.7 Å². The Balaban J connectivity index is 2.14. The number of nitrogen functional groups attached to an aromatic ring is 1. The molecule has 0 radical (unpaired) electrons. The van der Waals surface area contributed by atoms with Crippen LogP contribution in [-0.4, -0.2) is 42.2 Å².